The van der Waals surface area contributed by atoms with Crippen molar-refractivity contribution >= 4 is 5.97 Å². The third-order valence-electron chi connectivity index (χ3n) is 6.84. The Labute approximate surface area is 190 Å². The number of carboxylic acid groups (broad SMARTS) is 1. The molecule has 0 unspecified atom stereocenters. The second-order valence-electron chi connectivity index (χ2n) is 9.51. The minimum atomic E-state index is -0.792. The number of carboxylic acids is 1. The van der Waals surface area contributed by atoms with E-state index in [1.807, 2.05) is 50.2 Å². The smallest absolute Gasteiger partial charge is 0.309 e. The van der Waals surface area contributed by atoms with Gasteiger partial charge in [0.25, 0.3) is 0 Å². The minimum Gasteiger partial charge on any atom is -0.494 e. The first-order valence-corrected chi connectivity index (χ1v) is 11.8. The van der Waals surface area contributed by atoms with Crippen LogP contribution in [0.3, 0.4) is 0 Å². The highest BCUT2D eigenvalue weighted by Gasteiger charge is 2.52. The number of ether oxygens (including phenoxy) is 3. The summed E-state index contributed by atoms with van der Waals surface area (Å²) in [6.07, 6.45) is 3.53. The zero-order chi connectivity index (χ0) is 22.7. The Bertz CT molecular complexity index is 923. The molecule has 2 aromatic rings. The molecule has 4 rings (SSSR count). The predicted octanol–water partition coefficient (Wildman–Crippen LogP) is 5.82. The molecule has 0 bridgehead atoms. The van der Waals surface area contributed by atoms with Crippen molar-refractivity contribution in [3.8, 4) is 11.5 Å². The fourth-order valence-corrected chi connectivity index (χ4v) is 4.97. The number of unbranched alkanes of at least 4 members (excludes halogenated alkanes) is 1. The Morgan fingerprint density at radius 3 is 2.69 bits per heavy atom. The van der Waals surface area contributed by atoms with Gasteiger partial charge in [0.05, 0.1) is 24.7 Å². The molecule has 1 fully saturated rings. The van der Waals surface area contributed by atoms with Crippen LogP contribution in [0.15, 0.2) is 48.5 Å². The Kier molecular flexibility index (Phi) is 6.75. The van der Waals surface area contributed by atoms with Gasteiger partial charge in [0.2, 0.25) is 0 Å². The van der Waals surface area contributed by atoms with E-state index in [1.165, 1.54) is 5.56 Å². The maximum absolute atomic E-state index is 12.2. The molecule has 0 aliphatic carbocycles. The van der Waals surface area contributed by atoms with Crippen LogP contribution in [0.25, 0.3) is 0 Å². The van der Waals surface area contributed by atoms with E-state index in [9.17, 15) is 9.90 Å². The number of hydrogen-bond donors (Lipinski definition) is 1. The number of benzene rings is 2. The first-order chi connectivity index (χ1) is 15.4. The van der Waals surface area contributed by atoms with Crippen molar-refractivity contribution in [2.24, 2.45) is 11.8 Å². The summed E-state index contributed by atoms with van der Waals surface area (Å²) in [6.45, 7) is 6.89. The van der Waals surface area contributed by atoms with E-state index in [2.05, 4.69) is 19.1 Å². The second-order valence-corrected chi connectivity index (χ2v) is 9.51. The summed E-state index contributed by atoms with van der Waals surface area (Å²) in [6, 6.07) is 16.1. The van der Waals surface area contributed by atoms with Crippen LogP contribution in [-0.4, -0.2) is 29.4 Å². The summed E-state index contributed by atoms with van der Waals surface area (Å²) in [7, 11) is 0. The molecular weight excluding hydrogens is 404 g/mol. The van der Waals surface area contributed by atoms with E-state index in [1.54, 1.807) is 0 Å². The van der Waals surface area contributed by atoms with Crippen molar-refractivity contribution in [2.75, 3.05) is 6.61 Å². The molecule has 1 saturated heterocycles. The largest absolute Gasteiger partial charge is 0.494 e. The number of hydrogen-bond acceptors (Lipinski definition) is 4. The van der Waals surface area contributed by atoms with Crippen molar-refractivity contribution in [2.45, 2.75) is 70.7 Å². The van der Waals surface area contributed by atoms with Crippen LogP contribution in [0.1, 0.15) is 63.7 Å². The van der Waals surface area contributed by atoms with Crippen LogP contribution in [0, 0.1) is 11.8 Å². The van der Waals surface area contributed by atoms with E-state index in [-0.39, 0.29) is 18.1 Å². The van der Waals surface area contributed by atoms with E-state index >= 15 is 0 Å². The topological polar surface area (TPSA) is 65.0 Å². The Hall–Kier alpha value is -2.53. The average Bonchev–Trinajstić information content (AvgIpc) is 2.78. The van der Waals surface area contributed by atoms with Gasteiger partial charge in [0.15, 0.2) is 0 Å². The summed E-state index contributed by atoms with van der Waals surface area (Å²) in [5, 5.41) is 9.99. The molecule has 0 spiro atoms. The van der Waals surface area contributed by atoms with Gasteiger partial charge in [-0.15, -0.1) is 0 Å². The van der Waals surface area contributed by atoms with Crippen LogP contribution in [-0.2, 0) is 16.0 Å². The molecule has 0 amide bonds. The highest BCUT2D eigenvalue weighted by Crippen LogP contribution is 2.53. The summed E-state index contributed by atoms with van der Waals surface area (Å²) in [4.78, 5) is 12.2. The summed E-state index contributed by atoms with van der Waals surface area (Å²) < 4.78 is 18.9. The van der Waals surface area contributed by atoms with Crippen LogP contribution < -0.4 is 9.47 Å². The molecule has 0 radical (unpaired) electrons. The van der Waals surface area contributed by atoms with E-state index in [0.717, 1.165) is 36.3 Å². The van der Waals surface area contributed by atoms with Crippen molar-refractivity contribution < 1.29 is 24.1 Å². The van der Waals surface area contributed by atoms with Gasteiger partial charge < -0.3 is 19.3 Å². The lowest BCUT2D eigenvalue weighted by Crippen LogP contribution is -2.52. The molecular formula is C27H34O5. The Balaban J connectivity index is 1.60. The predicted molar refractivity (Wildman–Crippen MR) is 123 cm³/mol. The van der Waals surface area contributed by atoms with Crippen molar-refractivity contribution in [1.29, 1.82) is 0 Å². The first-order valence-electron chi connectivity index (χ1n) is 11.8. The van der Waals surface area contributed by atoms with Gasteiger partial charge in [-0.05, 0) is 63.3 Å². The number of aliphatic carboxylic acids is 1. The Morgan fingerprint density at radius 2 is 1.97 bits per heavy atom. The minimum absolute atomic E-state index is 0.0463. The van der Waals surface area contributed by atoms with Gasteiger partial charge in [0, 0.05) is 11.5 Å². The van der Waals surface area contributed by atoms with Crippen LogP contribution in [0.2, 0.25) is 0 Å². The molecule has 5 nitrogen and oxygen atoms in total. The van der Waals surface area contributed by atoms with Gasteiger partial charge in [-0.25, -0.2) is 0 Å². The van der Waals surface area contributed by atoms with E-state index in [0.29, 0.717) is 19.4 Å². The van der Waals surface area contributed by atoms with Crippen LogP contribution >= 0.6 is 0 Å². The molecule has 2 aliphatic heterocycles. The first kappa shape index (κ1) is 22.7. The lowest BCUT2D eigenvalue weighted by atomic mass is 9.71. The van der Waals surface area contributed by atoms with Crippen molar-refractivity contribution in [1.82, 2.24) is 0 Å². The van der Waals surface area contributed by atoms with Gasteiger partial charge in [-0.1, -0.05) is 43.7 Å². The molecule has 2 aromatic carbocycles. The van der Waals surface area contributed by atoms with Crippen LogP contribution in [0.4, 0.5) is 0 Å². The monoisotopic (exact) mass is 438 g/mol. The SMILES string of the molecule is CCCCOc1ccc2c(c1)[C@H]1O[C@@H](CCc3ccccc3)[C@H](C(=O)O)C[C@@H]1C(C)(C)O2. The number of fused-ring (bicyclic) bond motifs is 3. The molecule has 0 saturated carbocycles. The molecule has 2 heterocycles. The van der Waals surface area contributed by atoms with Gasteiger partial charge in [-0.2, -0.15) is 0 Å². The van der Waals surface area contributed by atoms with E-state index in [4.69, 9.17) is 14.2 Å². The number of rotatable bonds is 8. The van der Waals surface area contributed by atoms with Crippen molar-refractivity contribution in [3.05, 3.63) is 59.7 Å². The normalized spacial score (nSPS) is 25.8. The number of aryl methyl sites for hydroxylation is 1. The average molecular weight is 439 g/mol. The van der Waals surface area contributed by atoms with Gasteiger partial charge in [0.1, 0.15) is 17.1 Å². The lowest BCUT2D eigenvalue weighted by molar-refractivity contribution is -0.188. The second kappa shape index (κ2) is 9.53. The maximum Gasteiger partial charge on any atom is 0.309 e. The van der Waals surface area contributed by atoms with Crippen LogP contribution in [0.5, 0.6) is 11.5 Å². The fraction of sp³-hybridized carbons (Fsp3) is 0.519. The molecule has 0 aromatic heterocycles. The third-order valence-corrected chi connectivity index (χ3v) is 6.84. The molecule has 1 N–H and O–H groups in total. The molecule has 2 aliphatic rings. The number of carbonyl (C=O) groups is 1. The molecule has 172 valence electrons. The summed E-state index contributed by atoms with van der Waals surface area (Å²) in [5.41, 5.74) is 1.65. The molecule has 4 atom stereocenters. The van der Waals surface area contributed by atoms with Gasteiger partial charge >= 0.3 is 5.97 Å². The third kappa shape index (κ3) is 4.78. The lowest BCUT2D eigenvalue weighted by Gasteiger charge is -2.50. The van der Waals surface area contributed by atoms with Gasteiger partial charge in [-0.3, -0.25) is 4.79 Å². The summed E-state index contributed by atoms with van der Waals surface area (Å²) in [5.74, 6) is 0.224. The summed E-state index contributed by atoms with van der Waals surface area (Å²) >= 11 is 0. The van der Waals surface area contributed by atoms with E-state index < -0.39 is 17.5 Å². The molecule has 5 heteroatoms. The highest BCUT2D eigenvalue weighted by molar-refractivity contribution is 5.71. The zero-order valence-electron chi connectivity index (χ0n) is 19.3. The molecule has 32 heavy (non-hydrogen) atoms. The quantitative estimate of drug-likeness (QED) is 0.527. The zero-order valence-corrected chi connectivity index (χ0v) is 19.3. The standard InChI is InChI=1S/C27H34O5/c1-4-5-15-30-19-12-14-24-20(16-19)25-22(27(2,3)32-24)17-21(26(28)29)23(31-25)13-11-18-9-7-6-8-10-18/h6-10,12,14,16,21-23,25H,4-5,11,13,15,17H2,1-3H3,(H,28,29)/t21-,22+,23+,25-/m1/s1. The fourth-order valence-electron chi connectivity index (χ4n) is 4.97. The van der Waals surface area contributed by atoms with Crippen molar-refractivity contribution in [3.63, 3.8) is 0 Å². The Morgan fingerprint density at radius 1 is 1.19 bits per heavy atom. The highest BCUT2D eigenvalue weighted by atomic mass is 16.5. The maximum atomic E-state index is 12.2.